The number of nitrogens with zero attached hydrogens (tertiary/aromatic N) is 5. The van der Waals surface area contributed by atoms with E-state index in [1.165, 1.54) is 6.42 Å². The molecule has 31 heavy (non-hydrogen) atoms. The quantitative estimate of drug-likeness (QED) is 0.676. The number of anilines is 2. The Morgan fingerprint density at radius 3 is 2.77 bits per heavy atom. The Bertz CT molecular complexity index is 1090. The predicted molar refractivity (Wildman–Crippen MR) is 114 cm³/mol. The van der Waals surface area contributed by atoms with Crippen molar-refractivity contribution in [2.24, 2.45) is 5.92 Å². The van der Waals surface area contributed by atoms with Crippen LogP contribution in [0.25, 0.3) is 11.0 Å². The summed E-state index contributed by atoms with van der Waals surface area (Å²) in [6, 6.07) is 7.57. The van der Waals surface area contributed by atoms with Crippen LogP contribution in [0.3, 0.4) is 0 Å². The summed E-state index contributed by atoms with van der Waals surface area (Å²) >= 11 is 0. The summed E-state index contributed by atoms with van der Waals surface area (Å²) in [7, 11) is 0. The molecule has 2 amide bonds. The van der Waals surface area contributed by atoms with Gasteiger partial charge in [0.1, 0.15) is 0 Å². The van der Waals surface area contributed by atoms with E-state index < -0.39 is 5.92 Å². The van der Waals surface area contributed by atoms with E-state index in [2.05, 4.69) is 25.5 Å². The molecular formula is C22H24N6O3. The molecule has 2 aromatic heterocycles. The van der Waals surface area contributed by atoms with Crippen LogP contribution in [0.1, 0.15) is 31.2 Å². The smallest absolute Gasteiger partial charge is 0.229 e. The van der Waals surface area contributed by atoms with E-state index in [0.717, 1.165) is 37.2 Å². The number of aromatic nitrogens is 3. The lowest BCUT2D eigenvalue weighted by Gasteiger charge is -2.28. The van der Waals surface area contributed by atoms with Gasteiger partial charge in [0.25, 0.3) is 0 Å². The fourth-order valence-electron chi connectivity index (χ4n) is 4.39. The zero-order valence-corrected chi connectivity index (χ0v) is 17.2. The van der Waals surface area contributed by atoms with E-state index >= 15 is 0 Å². The predicted octanol–water partition coefficient (Wildman–Crippen LogP) is 2.60. The third-order valence-corrected chi connectivity index (χ3v) is 6.03. The molecule has 0 radical (unpaired) electrons. The van der Waals surface area contributed by atoms with Gasteiger partial charge in [-0.2, -0.15) is 0 Å². The molecule has 1 atom stereocenters. The van der Waals surface area contributed by atoms with Gasteiger partial charge in [-0.3, -0.25) is 14.6 Å². The summed E-state index contributed by atoms with van der Waals surface area (Å²) in [5, 5.41) is 11.0. The van der Waals surface area contributed by atoms with Crippen LogP contribution in [0.2, 0.25) is 0 Å². The van der Waals surface area contributed by atoms with Gasteiger partial charge in [-0.25, -0.2) is 4.63 Å². The lowest BCUT2D eigenvalue weighted by Crippen LogP contribution is -2.30. The van der Waals surface area contributed by atoms with E-state index in [0.29, 0.717) is 29.8 Å². The molecule has 0 aliphatic carbocycles. The monoisotopic (exact) mass is 420 g/mol. The van der Waals surface area contributed by atoms with Gasteiger partial charge in [-0.1, -0.05) is 6.07 Å². The van der Waals surface area contributed by atoms with E-state index in [4.69, 9.17) is 4.63 Å². The largest absolute Gasteiger partial charge is 0.370 e. The molecule has 160 valence electrons. The number of carbonyl (C=O) groups is 2. The average molecular weight is 420 g/mol. The molecule has 1 N–H and O–H groups in total. The highest BCUT2D eigenvalue weighted by Crippen LogP contribution is 2.32. The fourth-order valence-corrected chi connectivity index (χ4v) is 4.39. The Labute approximate surface area is 179 Å². The van der Waals surface area contributed by atoms with Crippen LogP contribution in [-0.4, -0.2) is 51.6 Å². The summed E-state index contributed by atoms with van der Waals surface area (Å²) in [5.41, 5.74) is 3.67. The molecular weight excluding hydrogens is 396 g/mol. The third kappa shape index (κ3) is 3.95. The molecule has 1 aromatic carbocycles. The molecule has 3 aromatic rings. The van der Waals surface area contributed by atoms with Gasteiger partial charge in [0.2, 0.25) is 11.8 Å². The summed E-state index contributed by atoms with van der Waals surface area (Å²) in [6.07, 6.45) is 7.16. The minimum atomic E-state index is -0.416. The Hall–Kier alpha value is -3.49. The van der Waals surface area contributed by atoms with E-state index in [1.807, 2.05) is 24.3 Å². The Balaban J connectivity index is 1.29. The van der Waals surface area contributed by atoms with Gasteiger partial charge in [-0.15, -0.1) is 0 Å². The second-order valence-corrected chi connectivity index (χ2v) is 8.17. The molecule has 0 spiro atoms. The van der Waals surface area contributed by atoms with Crippen molar-refractivity contribution in [2.75, 3.05) is 29.9 Å². The minimum Gasteiger partial charge on any atom is -0.370 e. The van der Waals surface area contributed by atoms with Crippen molar-refractivity contribution < 1.29 is 14.2 Å². The van der Waals surface area contributed by atoms with Gasteiger partial charge in [0.15, 0.2) is 11.0 Å². The fraction of sp³-hybridized carbons (Fsp3) is 0.409. The number of likely N-dealkylation sites (tertiary alicyclic amines) is 1. The highest BCUT2D eigenvalue weighted by molar-refractivity contribution is 6.04. The van der Waals surface area contributed by atoms with Gasteiger partial charge in [0, 0.05) is 45.0 Å². The topological polar surface area (TPSA) is 104 Å². The SMILES string of the molecule is O=C(Nc1ccc(N2CCCCC2)c2nonc12)[C@@H]1CC(=O)N(Cc2cccnc2)C1. The Kier molecular flexibility index (Phi) is 5.23. The second-order valence-electron chi connectivity index (χ2n) is 8.17. The van der Waals surface area contributed by atoms with Crippen LogP contribution >= 0.6 is 0 Å². The maximum atomic E-state index is 12.9. The molecule has 2 aliphatic rings. The van der Waals surface area contributed by atoms with Gasteiger partial charge in [0.05, 0.1) is 17.3 Å². The number of carbonyl (C=O) groups excluding carboxylic acids is 2. The number of fused-ring (bicyclic) bond motifs is 1. The Morgan fingerprint density at radius 1 is 1.13 bits per heavy atom. The molecule has 0 bridgehead atoms. The second kappa shape index (κ2) is 8.33. The summed E-state index contributed by atoms with van der Waals surface area (Å²) in [4.78, 5) is 33.4. The van der Waals surface area contributed by atoms with Crippen molar-refractivity contribution in [3.63, 3.8) is 0 Å². The van der Waals surface area contributed by atoms with Crippen LogP contribution in [0.15, 0.2) is 41.3 Å². The summed E-state index contributed by atoms with van der Waals surface area (Å²) in [6.45, 7) is 2.79. The number of hydrogen-bond acceptors (Lipinski definition) is 7. The van der Waals surface area contributed by atoms with E-state index in [9.17, 15) is 9.59 Å². The average Bonchev–Trinajstić information content (AvgIpc) is 3.43. The molecule has 9 nitrogen and oxygen atoms in total. The molecule has 2 fully saturated rings. The van der Waals surface area contributed by atoms with Crippen molar-refractivity contribution in [3.05, 3.63) is 42.2 Å². The molecule has 9 heteroatoms. The molecule has 2 aliphatic heterocycles. The van der Waals surface area contributed by atoms with Crippen molar-refractivity contribution in [1.29, 1.82) is 0 Å². The van der Waals surface area contributed by atoms with Crippen molar-refractivity contribution in [3.8, 4) is 0 Å². The van der Waals surface area contributed by atoms with Gasteiger partial charge >= 0.3 is 0 Å². The zero-order valence-electron chi connectivity index (χ0n) is 17.2. The number of piperidine rings is 1. The van der Waals surface area contributed by atoms with Crippen molar-refractivity contribution >= 4 is 34.2 Å². The standard InChI is InChI=1S/C22H24N6O3/c29-19-11-16(14-28(19)13-15-5-4-8-23-12-15)22(30)24-17-6-7-18(21-20(17)25-31-26-21)27-9-2-1-3-10-27/h4-8,12,16H,1-3,9-11,13-14H2,(H,24,30)/t16-/m1/s1. The molecule has 0 unspecified atom stereocenters. The Morgan fingerprint density at radius 2 is 1.97 bits per heavy atom. The highest BCUT2D eigenvalue weighted by Gasteiger charge is 2.34. The minimum absolute atomic E-state index is 0.0299. The first-order chi connectivity index (χ1) is 15.2. The van der Waals surface area contributed by atoms with Gasteiger partial charge in [-0.05, 0) is 53.3 Å². The van der Waals surface area contributed by atoms with Crippen molar-refractivity contribution in [2.45, 2.75) is 32.2 Å². The maximum Gasteiger partial charge on any atom is 0.229 e. The molecule has 5 rings (SSSR count). The summed E-state index contributed by atoms with van der Waals surface area (Å²) in [5.74, 6) is -0.643. The number of benzene rings is 1. The van der Waals surface area contributed by atoms with Crippen LogP contribution in [0.4, 0.5) is 11.4 Å². The molecule has 2 saturated heterocycles. The van der Waals surface area contributed by atoms with Crippen LogP contribution in [0.5, 0.6) is 0 Å². The number of pyridine rings is 1. The van der Waals surface area contributed by atoms with Crippen LogP contribution in [-0.2, 0) is 16.1 Å². The molecule has 4 heterocycles. The first-order valence-corrected chi connectivity index (χ1v) is 10.7. The van der Waals surface area contributed by atoms with Crippen LogP contribution in [0, 0.1) is 5.92 Å². The van der Waals surface area contributed by atoms with Crippen molar-refractivity contribution in [1.82, 2.24) is 20.2 Å². The maximum absolute atomic E-state index is 12.9. The third-order valence-electron chi connectivity index (χ3n) is 6.03. The first-order valence-electron chi connectivity index (χ1n) is 10.7. The lowest BCUT2D eigenvalue weighted by molar-refractivity contribution is -0.128. The van der Waals surface area contributed by atoms with E-state index in [-0.39, 0.29) is 18.2 Å². The zero-order chi connectivity index (χ0) is 21.2. The molecule has 0 saturated carbocycles. The van der Waals surface area contributed by atoms with Crippen LogP contribution < -0.4 is 10.2 Å². The number of rotatable bonds is 5. The van der Waals surface area contributed by atoms with E-state index in [1.54, 1.807) is 17.3 Å². The number of hydrogen-bond donors (Lipinski definition) is 1. The normalized spacial score (nSPS) is 19.2. The first kappa shape index (κ1) is 19.5. The highest BCUT2D eigenvalue weighted by atomic mass is 16.6. The number of nitrogens with one attached hydrogen (secondary N) is 1. The summed E-state index contributed by atoms with van der Waals surface area (Å²) < 4.78 is 5.00. The lowest BCUT2D eigenvalue weighted by atomic mass is 10.1. The van der Waals surface area contributed by atoms with Gasteiger partial charge < -0.3 is 15.1 Å². The number of amides is 2.